The quantitative estimate of drug-likeness (QED) is 0.686. The fourth-order valence-corrected chi connectivity index (χ4v) is 3.42. The third-order valence-corrected chi connectivity index (χ3v) is 5.22. The monoisotopic (exact) mass is 338 g/mol. The van der Waals surface area contributed by atoms with Crippen LogP contribution in [0.2, 0.25) is 0 Å². The van der Waals surface area contributed by atoms with Crippen LogP contribution in [0.4, 0.5) is 0 Å². The molecular weight excluding hydrogens is 308 g/mol. The van der Waals surface area contributed by atoms with Crippen molar-refractivity contribution in [2.45, 2.75) is 70.9 Å². The van der Waals surface area contributed by atoms with Gasteiger partial charge in [-0.05, 0) is 37.0 Å². The molecule has 6 nitrogen and oxygen atoms in total. The molecule has 0 saturated heterocycles. The van der Waals surface area contributed by atoms with Gasteiger partial charge in [0.25, 0.3) is 0 Å². The number of amides is 1. The Kier molecular flexibility index (Phi) is 6.01. The molecule has 0 aromatic rings. The van der Waals surface area contributed by atoms with Gasteiger partial charge in [0, 0.05) is 12.3 Å². The summed E-state index contributed by atoms with van der Waals surface area (Å²) in [4.78, 5) is 36.6. The van der Waals surface area contributed by atoms with Crippen LogP contribution in [-0.4, -0.2) is 36.9 Å². The van der Waals surface area contributed by atoms with Crippen molar-refractivity contribution in [3.8, 4) is 0 Å². The number of nitrogens with two attached hydrogens (primary N) is 1. The Morgan fingerprint density at radius 1 is 1.29 bits per heavy atom. The van der Waals surface area contributed by atoms with Crippen molar-refractivity contribution in [3.05, 3.63) is 0 Å². The molecule has 2 rings (SSSR count). The van der Waals surface area contributed by atoms with Gasteiger partial charge in [-0.2, -0.15) is 0 Å². The SMILES string of the molecule is COC(=O)[C@H](CC1CCC(C)(C)CC1=O)NC(=O)[C@@H](N)CC1CC1. The minimum Gasteiger partial charge on any atom is -0.467 e. The third kappa shape index (κ3) is 5.30. The van der Waals surface area contributed by atoms with Crippen LogP contribution in [0.1, 0.15) is 58.8 Å². The van der Waals surface area contributed by atoms with Crippen LogP contribution >= 0.6 is 0 Å². The molecule has 0 spiro atoms. The molecular formula is C18H30N2O4. The summed E-state index contributed by atoms with van der Waals surface area (Å²) in [6.45, 7) is 4.16. The van der Waals surface area contributed by atoms with E-state index in [1.807, 2.05) is 0 Å². The number of nitrogens with one attached hydrogen (secondary N) is 1. The molecule has 2 fully saturated rings. The van der Waals surface area contributed by atoms with E-state index in [1.54, 1.807) is 0 Å². The van der Waals surface area contributed by atoms with Crippen LogP contribution in [-0.2, 0) is 19.1 Å². The Morgan fingerprint density at radius 2 is 1.96 bits per heavy atom. The second kappa shape index (κ2) is 7.64. The first-order chi connectivity index (χ1) is 11.2. The molecule has 0 radical (unpaired) electrons. The van der Waals surface area contributed by atoms with Gasteiger partial charge < -0.3 is 15.8 Å². The van der Waals surface area contributed by atoms with Crippen molar-refractivity contribution in [1.29, 1.82) is 0 Å². The van der Waals surface area contributed by atoms with Gasteiger partial charge in [0.2, 0.25) is 5.91 Å². The Labute approximate surface area is 143 Å². The lowest BCUT2D eigenvalue weighted by atomic mass is 9.71. The summed E-state index contributed by atoms with van der Waals surface area (Å²) < 4.78 is 4.80. The maximum atomic E-state index is 12.3. The first-order valence-corrected chi connectivity index (χ1v) is 8.88. The summed E-state index contributed by atoms with van der Waals surface area (Å²) in [6, 6.07) is -1.41. The molecule has 2 aliphatic rings. The van der Waals surface area contributed by atoms with Crippen molar-refractivity contribution in [3.63, 3.8) is 0 Å². The first kappa shape index (κ1) is 18.9. The van der Waals surface area contributed by atoms with Crippen molar-refractivity contribution >= 4 is 17.7 Å². The molecule has 24 heavy (non-hydrogen) atoms. The molecule has 0 aliphatic heterocycles. The topological polar surface area (TPSA) is 98.5 Å². The third-order valence-electron chi connectivity index (χ3n) is 5.22. The highest BCUT2D eigenvalue weighted by atomic mass is 16.5. The van der Waals surface area contributed by atoms with Crippen LogP contribution in [0, 0.1) is 17.3 Å². The predicted octanol–water partition coefficient (Wildman–Crippen LogP) is 1.56. The normalized spacial score (nSPS) is 25.7. The number of carbonyl (C=O) groups excluding carboxylic acids is 3. The van der Waals surface area contributed by atoms with E-state index in [0.29, 0.717) is 25.2 Å². The fourth-order valence-electron chi connectivity index (χ4n) is 3.42. The molecule has 1 amide bonds. The number of rotatable bonds is 7. The second-order valence-corrected chi connectivity index (χ2v) is 8.15. The number of hydrogen-bond donors (Lipinski definition) is 2. The maximum Gasteiger partial charge on any atom is 0.328 e. The molecule has 2 saturated carbocycles. The van der Waals surface area contributed by atoms with Crippen molar-refractivity contribution in [2.24, 2.45) is 23.0 Å². The lowest BCUT2D eigenvalue weighted by molar-refractivity contribution is -0.146. The minimum absolute atomic E-state index is 0.0181. The van der Waals surface area contributed by atoms with E-state index in [4.69, 9.17) is 10.5 Å². The van der Waals surface area contributed by atoms with Crippen molar-refractivity contribution < 1.29 is 19.1 Å². The van der Waals surface area contributed by atoms with E-state index in [1.165, 1.54) is 7.11 Å². The van der Waals surface area contributed by atoms with Crippen LogP contribution in [0.15, 0.2) is 0 Å². The van der Waals surface area contributed by atoms with Crippen molar-refractivity contribution in [2.75, 3.05) is 7.11 Å². The van der Waals surface area contributed by atoms with Gasteiger partial charge >= 0.3 is 5.97 Å². The van der Waals surface area contributed by atoms with Gasteiger partial charge in [-0.15, -0.1) is 0 Å². The van der Waals surface area contributed by atoms with Gasteiger partial charge in [0.15, 0.2) is 0 Å². The van der Waals surface area contributed by atoms with E-state index in [-0.39, 0.29) is 23.0 Å². The van der Waals surface area contributed by atoms with E-state index < -0.39 is 18.1 Å². The standard InChI is InChI=1S/C18H30N2O4/c1-18(2)7-6-12(15(21)10-18)9-14(17(23)24-3)20-16(22)13(19)8-11-4-5-11/h11-14H,4-10,19H2,1-3H3,(H,20,22)/t12?,13-,14-/m0/s1. The summed E-state index contributed by atoms with van der Waals surface area (Å²) in [5.41, 5.74) is 5.93. The number of Topliss-reactive ketones (excluding diaryl/α,β-unsaturated/α-hetero) is 1. The Balaban J connectivity index is 1.94. The average molecular weight is 338 g/mol. The lowest BCUT2D eigenvalue weighted by Crippen LogP contribution is -2.50. The lowest BCUT2D eigenvalue weighted by Gasteiger charge is -2.34. The zero-order chi connectivity index (χ0) is 17.9. The van der Waals surface area contributed by atoms with Crippen LogP contribution in [0.25, 0.3) is 0 Å². The molecule has 0 bridgehead atoms. The average Bonchev–Trinajstić information content (AvgIpc) is 3.31. The first-order valence-electron chi connectivity index (χ1n) is 8.88. The van der Waals surface area contributed by atoms with Crippen LogP contribution in [0.3, 0.4) is 0 Å². The van der Waals surface area contributed by atoms with E-state index in [2.05, 4.69) is 19.2 Å². The van der Waals surface area contributed by atoms with E-state index in [0.717, 1.165) is 25.7 Å². The van der Waals surface area contributed by atoms with Gasteiger partial charge in [0.1, 0.15) is 11.8 Å². The molecule has 0 aromatic heterocycles. The van der Waals surface area contributed by atoms with E-state index >= 15 is 0 Å². The molecule has 3 atom stereocenters. The number of carbonyl (C=O) groups is 3. The summed E-state index contributed by atoms with van der Waals surface area (Å²) in [7, 11) is 1.29. The zero-order valence-corrected chi connectivity index (χ0v) is 15.0. The second-order valence-electron chi connectivity index (χ2n) is 8.15. The highest BCUT2D eigenvalue weighted by Gasteiger charge is 2.37. The largest absolute Gasteiger partial charge is 0.467 e. The van der Waals surface area contributed by atoms with E-state index in [9.17, 15) is 14.4 Å². The zero-order valence-electron chi connectivity index (χ0n) is 15.0. The number of esters is 1. The predicted molar refractivity (Wildman–Crippen MR) is 90.0 cm³/mol. The maximum absolute atomic E-state index is 12.3. The number of hydrogen-bond acceptors (Lipinski definition) is 5. The molecule has 0 heterocycles. The van der Waals surface area contributed by atoms with Crippen molar-refractivity contribution in [1.82, 2.24) is 5.32 Å². The molecule has 6 heteroatoms. The summed E-state index contributed by atoms with van der Waals surface area (Å²) in [5, 5.41) is 2.70. The number of methoxy groups -OCH3 is 1. The van der Waals surface area contributed by atoms with Crippen LogP contribution < -0.4 is 11.1 Å². The summed E-state index contributed by atoms with van der Waals surface area (Å²) >= 11 is 0. The highest BCUT2D eigenvalue weighted by molar-refractivity contribution is 5.88. The number of ether oxygens (including phenoxy) is 1. The molecule has 3 N–H and O–H groups in total. The summed E-state index contributed by atoms with van der Waals surface area (Å²) in [6.07, 6.45) is 5.37. The van der Waals surface area contributed by atoms with Crippen LogP contribution in [0.5, 0.6) is 0 Å². The van der Waals surface area contributed by atoms with Gasteiger partial charge in [-0.25, -0.2) is 4.79 Å². The van der Waals surface area contributed by atoms with Gasteiger partial charge in [-0.3, -0.25) is 9.59 Å². The fraction of sp³-hybridized carbons (Fsp3) is 0.833. The molecule has 136 valence electrons. The Hall–Kier alpha value is -1.43. The number of ketones is 1. The molecule has 2 aliphatic carbocycles. The van der Waals surface area contributed by atoms with Gasteiger partial charge in [-0.1, -0.05) is 26.7 Å². The Bertz CT molecular complexity index is 499. The highest BCUT2D eigenvalue weighted by Crippen LogP contribution is 2.37. The summed E-state index contributed by atoms with van der Waals surface area (Å²) in [5.74, 6) is -0.358. The Morgan fingerprint density at radius 3 is 2.50 bits per heavy atom. The molecule has 1 unspecified atom stereocenters. The van der Waals surface area contributed by atoms with Gasteiger partial charge in [0.05, 0.1) is 13.2 Å². The molecule has 0 aromatic carbocycles. The minimum atomic E-state index is -0.803. The smallest absolute Gasteiger partial charge is 0.328 e.